The van der Waals surface area contributed by atoms with E-state index in [9.17, 15) is 4.79 Å². The summed E-state index contributed by atoms with van der Waals surface area (Å²) in [5, 5.41) is 16.9. The van der Waals surface area contributed by atoms with Crippen molar-refractivity contribution in [1.82, 2.24) is 24.5 Å². The second-order valence-corrected chi connectivity index (χ2v) is 9.01. The minimum absolute atomic E-state index is 0.128. The van der Waals surface area contributed by atoms with Gasteiger partial charge in [-0.05, 0) is 66.2 Å². The van der Waals surface area contributed by atoms with Crippen LogP contribution in [-0.4, -0.2) is 43.3 Å². The molecular formula is C23H23BrN6O2S. The number of nitrogens with zero attached hydrogens (tertiary/aromatic N) is 5. The lowest BCUT2D eigenvalue weighted by Crippen LogP contribution is -2.15. The molecular weight excluding hydrogens is 504 g/mol. The van der Waals surface area contributed by atoms with Crippen molar-refractivity contribution in [2.45, 2.75) is 25.5 Å². The molecule has 0 aliphatic rings. The van der Waals surface area contributed by atoms with Crippen LogP contribution in [0.15, 0.2) is 64.2 Å². The Bertz CT molecular complexity index is 1250. The molecule has 0 saturated carbocycles. The van der Waals surface area contributed by atoms with Crippen LogP contribution in [0.25, 0.3) is 5.69 Å². The molecule has 8 nitrogen and oxygen atoms in total. The van der Waals surface area contributed by atoms with Crippen LogP contribution in [0.2, 0.25) is 0 Å². The molecule has 0 aliphatic heterocycles. The Labute approximate surface area is 204 Å². The van der Waals surface area contributed by atoms with Crippen molar-refractivity contribution >= 4 is 39.3 Å². The maximum Gasteiger partial charge on any atom is 0.234 e. The van der Waals surface area contributed by atoms with Gasteiger partial charge >= 0.3 is 0 Å². The number of nitrogens with one attached hydrogen (secondary N) is 1. The summed E-state index contributed by atoms with van der Waals surface area (Å²) < 4.78 is 10.00. The van der Waals surface area contributed by atoms with Crippen molar-refractivity contribution in [1.29, 1.82) is 0 Å². The van der Waals surface area contributed by atoms with Gasteiger partial charge in [0.05, 0.1) is 28.7 Å². The molecule has 0 fully saturated rings. The number of rotatable bonds is 8. The SMILES string of the molecule is COc1ccc(NC(=O)CSc2nnc(Cn3nc(C)c(Br)c3C)n2-c2ccccc2)cc1. The molecule has 2 aromatic heterocycles. The van der Waals surface area contributed by atoms with Crippen molar-refractivity contribution in [2.75, 3.05) is 18.2 Å². The highest BCUT2D eigenvalue weighted by atomic mass is 79.9. The number of aromatic nitrogens is 5. The predicted octanol–water partition coefficient (Wildman–Crippen LogP) is 4.63. The molecule has 0 unspecified atom stereocenters. The molecule has 0 bridgehead atoms. The number of hydrogen-bond acceptors (Lipinski definition) is 6. The normalized spacial score (nSPS) is 10.9. The van der Waals surface area contributed by atoms with Crippen LogP contribution < -0.4 is 10.1 Å². The average molecular weight is 527 g/mol. The highest BCUT2D eigenvalue weighted by Crippen LogP contribution is 2.25. The van der Waals surface area contributed by atoms with Crippen molar-refractivity contribution in [3.05, 3.63) is 76.3 Å². The molecule has 0 atom stereocenters. The van der Waals surface area contributed by atoms with Gasteiger partial charge < -0.3 is 10.1 Å². The summed E-state index contributed by atoms with van der Waals surface area (Å²) in [6.45, 7) is 4.42. The maximum atomic E-state index is 12.5. The summed E-state index contributed by atoms with van der Waals surface area (Å²) in [6.07, 6.45) is 0. The Morgan fingerprint density at radius 2 is 1.82 bits per heavy atom. The molecule has 10 heteroatoms. The van der Waals surface area contributed by atoms with Crippen LogP contribution in [0.4, 0.5) is 5.69 Å². The Morgan fingerprint density at radius 1 is 1.09 bits per heavy atom. The average Bonchev–Trinajstić information content (AvgIpc) is 3.34. The number of benzene rings is 2. The van der Waals surface area contributed by atoms with Crippen molar-refractivity contribution in [3.63, 3.8) is 0 Å². The summed E-state index contributed by atoms with van der Waals surface area (Å²) in [5.74, 6) is 1.54. The first kappa shape index (κ1) is 23.1. The number of hydrogen-bond donors (Lipinski definition) is 1. The fourth-order valence-corrected chi connectivity index (χ4v) is 4.35. The van der Waals surface area contributed by atoms with Gasteiger partial charge in [-0.3, -0.25) is 14.0 Å². The van der Waals surface area contributed by atoms with E-state index in [1.54, 1.807) is 31.4 Å². The van der Waals surface area contributed by atoms with Crippen LogP contribution in [-0.2, 0) is 11.3 Å². The van der Waals surface area contributed by atoms with Crippen LogP contribution in [0.1, 0.15) is 17.2 Å². The topological polar surface area (TPSA) is 86.9 Å². The third-order valence-electron chi connectivity index (χ3n) is 5.01. The van der Waals surface area contributed by atoms with Crippen LogP contribution in [0, 0.1) is 13.8 Å². The Balaban J connectivity index is 1.53. The fourth-order valence-electron chi connectivity index (χ4n) is 3.30. The van der Waals surface area contributed by atoms with Gasteiger partial charge in [0.15, 0.2) is 11.0 Å². The van der Waals surface area contributed by atoms with Gasteiger partial charge in [0.25, 0.3) is 0 Å². The Hall–Kier alpha value is -3.11. The van der Waals surface area contributed by atoms with E-state index in [1.165, 1.54) is 11.8 Å². The maximum absolute atomic E-state index is 12.5. The molecule has 2 heterocycles. The number of amides is 1. The summed E-state index contributed by atoms with van der Waals surface area (Å²) in [5.41, 5.74) is 3.57. The summed E-state index contributed by atoms with van der Waals surface area (Å²) >= 11 is 4.91. The fraction of sp³-hybridized carbons (Fsp3) is 0.217. The molecule has 4 aromatic rings. The lowest BCUT2D eigenvalue weighted by molar-refractivity contribution is -0.113. The van der Waals surface area contributed by atoms with Crippen molar-refractivity contribution in [2.24, 2.45) is 0 Å². The van der Waals surface area contributed by atoms with Gasteiger partial charge in [0, 0.05) is 11.4 Å². The third kappa shape index (κ3) is 5.28. The largest absolute Gasteiger partial charge is 0.497 e. The van der Waals surface area contributed by atoms with Gasteiger partial charge in [0.2, 0.25) is 5.91 Å². The number of anilines is 1. The van der Waals surface area contributed by atoms with Gasteiger partial charge in [-0.25, -0.2) is 0 Å². The van der Waals surface area contributed by atoms with E-state index in [0.717, 1.165) is 33.1 Å². The van der Waals surface area contributed by atoms with Crippen molar-refractivity contribution < 1.29 is 9.53 Å². The van der Waals surface area contributed by atoms with Crippen molar-refractivity contribution in [3.8, 4) is 11.4 Å². The number of halogens is 1. The number of methoxy groups -OCH3 is 1. The third-order valence-corrected chi connectivity index (χ3v) is 7.08. The molecule has 1 N–H and O–H groups in total. The van der Waals surface area contributed by atoms with Gasteiger partial charge in [-0.15, -0.1) is 10.2 Å². The predicted molar refractivity (Wildman–Crippen MR) is 132 cm³/mol. The smallest absolute Gasteiger partial charge is 0.234 e. The molecule has 2 aromatic carbocycles. The number of ether oxygens (including phenoxy) is 1. The zero-order valence-electron chi connectivity index (χ0n) is 18.4. The second kappa shape index (κ2) is 10.2. The van der Waals surface area contributed by atoms with E-state index >= 15 is 0 Å². The van der Waals surface area contributed by atoms with Crippen LogP contribution in [0.5, 0.6) is 5.75 Å². The van der Waals surface area contributed by atoms with E-state index < -0.39 is 0 Å². The number of aryl methyl sites for hydroxylation is 1. The lowest BCUT2D eigenvalue weighted by atomic mass is 10.3. The summed E-state index contributed by atoms with van der Waals surface area (Å²) in [6, 6.07) is 17.1. The van der Waals surface area contributed by atoms with E-state index in [4.69, 9.17) is 4.74 Å². The number of thioether (sulfide) groups is 1. The van der Waals surface area contributed by atoms with Gasteiger partial charge in [0.1, 0.15) is 12.3 Å². The molecule has 1 amide bonds. The van der Waals surface area contributed by atoms with E-state index in [2.05, 4.69) is 36.5 Å². The molecule has 33 heavy (non-hydrogen) atoms. The minimum atomic E-state index is -0.128. The van der Waals surface area contributed by atoms with E-state index in [1.807, 2.05) is 53.4 Å². The van der Waals surface area contributed by atoms with Crippen LogP contribution in [0.3, 0.4) is 0 Å². The lowest BCUT2D eigenvalue weighted by Gasteiger charge is -2.11. The van der Waals surface area contributed by atoms with Gasteiger partial charge in [-0.2, -0.15) is 5.10 Å². The monoisotopic (exact) mass is 526 g/mol. The van der Waals surface area contributed by atoms with Gasteiger partial charge in [-0.1, -0.05) is 30.0 Å². The molecule has 0 radical (unpaired) electrons. The molecule has 0 saturated heterocycles. The van der Waals surface area contributed by atoms with Crippen LogP contribution >= 0.6 is 27.7 Å². The number of carbonyl (C=O) groups excluding carboxylic acids is 1. The molecule has 0 spiro atoms. The standard InChI is InChI=1S/C23H23BrN6O2S/c1-15-22(24)16(2)29(28-15)13-20-26-27-23(30(20)18-7-5-4-6-8-18)33-14-21(31)25-17-9-11-19(32-3)12-10-17/h4-12H,13-14H2,1-3H3,(H,25,31). The van der Waals surface area contributed by atoms with E-state index in [0.29, 0.717) is 17.4 Å². The first-order valence-electron chi connectivity index (χ1n) is 10.2. The number of para-hydroxylation sites is 1. The second-order valence-electron chi connectivity index (χ2n) is 7.28. The first-order chi connectivity index (χ1) is 16.0. The first-order valence-corrected chi connectivity index (χ1v) is 12.0. The highest BCUT2D eigenvalue weighted by Gasteiger charge is 2.18. The molecule has 0 aliphatic carbocycles. The number of carbonyl (C=O) groups is 1. The zero-order chi connectivity index (χ0) is 23.4. The molecule has 4 rings (SSSR count). The van der Waals surface area contributed by atoms with E-state index in [-0.39, 0.29) is 11.7 Å². The minimum Gasteiger partial charge on any atom is -0.497 e. The summed E-state index contributed by atoms with van der Waals surface area (Å²) in [4.78, 5) is 12.5. The molecule has 170 valence electrons. The Morgan fingerprint density at radius 3 is 2.45 bits per heavy atom. The summed E-state index contributed by atoms with van der Waals surface area (Å²) in [7, 11) is 1.61. The Kier molecular flexibility index (Phi) is 7.14. The quantitative estimate of drug-likeness (QED) is 0.337. The highest BCUT2D eigenvalue weighted by molar-refractivity contribution is 9.10. The zero-order valence-corrected chi connectivity index (χ0v) is 20.9.